The van der Waals surface area contributed by atoms with E-state index in [1.54, 1.807) is 18.5 Å². The highest BCUT2D eigenvalue weighted by Gasteiger charge is 2.21. The van der Waals surface area contributed by atoms with Gasteiger partial charge in [-0.1, -0.05) is 12.1 Å². The lowest BCUT2D eigenvalue weighted by Gasteiger charge is -2.32. The lowest BCUT2D eigenvalue weighted by Crippen LogP contribution is -2.38. The number of nitrogens with two attached hydrogens (primary N) is 1. The highest BCUT2D eigenvalue weighted by molar-refractivity contribution is 5.82. The number of imidazole rings is 1. The van der Waals surface area contributed by atoms with Gasteiger partial charge in [-0.25, -0.2) is 24.9 Å². The van der Waals surface area contributed by atoms with Crippen molar-refractivity contribution in [3.8, 4) is 23.1 Å². The number of likely N-dealkylation sites (tertiary alicyclic amines) is 1. The molecule has 0 unspecified atom stereocenters. The zero-order valence-electron chi connectivity index (χ0n) is 20.7. The van der Waals surface area contributed by atoms with Gasteiger partial charge in [0.05, 0.1) is 5.56 Å². The maximum atomic E-state index is 9.05. The second-order valence-electron chi connectivity index (χ2n) is 9.31. The Bertz CT molecular complexity index is 1610. The predicted molar refractivity (Wildman–Crippen MR) is 145 cm³/mol. The Labute approximate surface area is 219 Å². The lowest BCUT2D eigenvalue weighted by molar-refractivity contribution is 0.211. The molecule has 5 aromatic rings. The summed E-state index contributed by atoms with van der Waals surface area (Å²) in [4.78, 5) is 24.3. The van der Waals surface area contributed by atoms with Gasteiger partial charge in [0.25, 0.3) is 0 Å². The molecule has 10 heteroatoms. The molecule has 0 amide bonds. The van der Waals surface area contributed by atoms with Crippen LogP contribution < -0.4 is 11.1 Å². The summed E-state index contributed by atoms with van der Waals surface area (Å²) in [7, 11) is 0. The van der Waals surface area contributed by atoms with E-state index in [4.69, 9.17) is 16.0 Å². The molecular weight excluding hydrogens is 476 g/mol. The van der Waals surface area contributed by atoms with Gasteiger partial charge in [-0.05, 0) is 54.8 Å². The number of anilines is 2. The van der Waals surface area contributed by atoms with Crippen LogP contribution in [0, 0.1) is 11.3 Å². The normalized spacial score (nSPS) is 14.4. The van der Waals surface area contributed by atoms with Crippen LogP contribution in [0.5, 0.6) is 0 Å². The molecule has 1 aromatic carbocycles. The Balaban J connectivity index is 1.16. The quantitative estimate of drug-likeness (QED) is 0.355. The minimum Gasteiger partial charge on any atom is -0.383 e. The van der Waals surface area contributed by atoms with E-state index >= 15 is 0 Å². The minimum absolute atomic E-state index is 0.329. The summed E-state index contributed by atoms with van der Waals surface area (Å²) in [5, 5.41) is 12.5. The van der Waals surface area contributed by atoms with Crippen molar-refractivity contribution in [1.82, 2.24) is 34.4 Å². The van der Waals surface area contributed by atoms with Crippen LogP contribution in [0.15, 0.2) is 73.3 Å². The molecule has 0 atom stereocenters. The van der Waals surface area contributed by atoms with Gasteiger partial charge in [0, 0.05) is 49.8 Å². The van der Waals surface area contributed by atoms with Crippen LogP contribution in [0.25, 0.3) is 28.2 Å². The third kappa shape index (κ3) is 4.75. The third-order valence-corrected chi connectivity index (χ3v) is 6.82. The Morgan fingerprint density at radius 3 is 2.55 bits per heavy atom. The molecule has 1 fully saturated rings. The maximum absolute atomic E-state index is 9.05. The van der Waals surface area contributed by atoms with Crippen molar-refractivity contribution in [2.75, 3.05) is 24.1 Å². The highest BCUT2D eigenvalue weighted by atomic mass is 15.2. The number of nitriles is 1. The topological polar surface area (TPSA) is 134 Å². The van der Waals surface area contributed by atoms with Crippen molar-refractivity contribution in [2.45, 2.75) is 25.4 Å². The Hall–Kier alpha value is -4.88. The van der Waals surface area contributed by atoms with Gasteiger partial charge >= 0.3 is 0 Å². The number of hydrogen-bond donors (Lipinski definition) is 2. The molecule has 0 saturated carbocycles. The first-order valence-electron chi connectivity index (χ1n) is 12.5. The van der Waals surface area contributed by atoms with Crippen LogP contribution in [-0.2, 0) is 6.54 Å². The molecule has 0 radical (unpaired) electrons. The van der Waals surface area contributed by atoms with E-state index in [0.717, 1.165) is 60.7 Å². The predicted octanol–water partition coefficient (Wildman–Crippen LogP) is 3.80. The second-order valence-corrected chi connectivity index (χ2v) is 9.31. The van der Waals surface area contributed by atoms with Crippen LogP contribution in [0.3, 0.4) is 0 Å². The van der Waals surface area contributed by atoms with E-state index < -0.39 is 0 Å². The van der Waals surface area contributed by atoms with Gasteiger partial charge in [0.1, 0.15) is 35.2 Å². The monoisotopic (exact) mass is 502 g/mol. The fraction of sp³-hybridized carbons (Fsp3) is 0.214. The van der Waals surface area contributed by atoms with Crippen molar-refractivity contribution in [2.24, 2.45) is 0 Å². The summed E-state index contributed by atoms with van der Waals surface area (Å²) in [5.74, 6) is 1.86. The van der Waals surface area contributed by atoms with Crippen LogP contribution in [0.2, 0.25) is 0 Å². The van der Waals surface area contributed by atoms with Crippen LogP contribution >= 0.6 is 0 Å². The first-order chi connectivity index (χ1) is 18.7. The summed E-state index contributed by atoms with van der Waals surface area (Å²) in [6.45, 7) is 2.84. The van der Waals surface area contributed by atoms with E-state index in [0.29, 0.717) is 23.4 Å². The number of aromatic nitrogens is 6. The molecule has 0 spiro atoms. The minimum atomic E-state index is 0.329. The van der Waals surface area contributed by atoms with Gasteiger partial charge in [-0.2, -0.15) is 5.26 Å². The molecule has 3 N–H and O–H groups in total. The molecule has 0 bridgehead atoms. The number of fused-ring (bicyclic) bond motifs is 1. The zero-order valence-corrected chi connectivity index (χ0v) is 20.7. The van der Waals surface area contributed by atoms with Gasteiger partial charge < -0.3 is 11.1 Å². The summed E-state index contributed by atoms with van der Waals surface area (Å²) < 4.78 is 2.04. The summed E-state index contributed by atoms with van der Waals surface area (Å²) in [5.41, 5.74) is 11.1. The molecule has 188 valence electrons. The fourth-order valence-electron chi connectivity index (χ4n) is 4.89. The summed E-state index contributed by atoms with van der Waals surface area (Å²) in [6.07, 6.45) is 6.89. The molecule has 38 heavy (non-hydrogen) atoms. The maximum Gasteiger partial charge on any atom is 0.164 e. The first-order valence-corrected chi connectivity index (χ1v) is 12.5. The largest absolute Gasteiger partial charge is 0.383 e. The van der Waals surface area contributed by atoms with E-state index in [1.807, 2.05) is 28.8 Å². The Morgan fingerprint density at radius 1 is 0.974 bits per heavy atom. The van der Waals surface area contributed by atoms with Crippen molar-refractivity contribution in [3.63, 3.8) is 0 Å². The van der Waals surface area contributed by atoms with Crippen LogP contribution in [0.1, 0.15) is 24.1 Å². The summed E-state index contributed by atoms with van der Waals surface area (Å²) in [6, 6.07) is 20.3. The summed E-state index contributed by atoms with van der Waals surface area (Å²) >= 11 is 0. The number of rotatable bonds is 6. The van der Waals surface area contributed by atoms with Crippen molar-refractivity contribution < 1.29 is 0 Å². The van der Waals surface area contributed by atoms with Crippen molar-refractivity contribution in [1.29, 1.82) is 5.26 Å². The Morgan fingerprint density at radius 2 is 1.76 bits per heavy atom. The van der Waals surface area contributed by atoms with E-state index in [9.17, 15) is 0 Å². The van der Waals surface area contributed by atoms with Crippen molar-refractivity contribution in [3.05, 3.63) is 84.6 Å². The number of benzene rings is 1. The van der Waals surface area contributed by atoms with Crippen LogP contribution in [0.4, 0.5) is 11.6 Å². The molecule has 0 aliphatic carbocycles. The lowest BCUT2D eigenvalue weighted by atomic mass is 10.0. The van der Waals surface area contributed by atoms with E-state index in [2.05, 4.69) is 60.5 Å². The number of nitrogens with zero attached hydrogens (tertiary/aromatic N) is 8. The number of hydrogen-bond acceptors (Lipinski definition) is 9. The molecule has 1 saturated heterocycles. The van der Waals surface area contributed by atoms with E-state index in [-0.39, 0.29) is 0 Å². The second kappa shape index (κ2) is 10.2. The van der Waals surface area contributed by atoms with Gasteiger partial charge in [0.15, 0.2) is 11.5 Å². The first kappa shape index (κ1) is 23.5. The number of nitrogens with one attached hydrogen (secondary N) is 1. The highest BCUT2D eigenvalue weighted by Crippen LogP contribution is 2.30. The van der Waals surface area contributed by atoms with Crippen LogP contribution in [-0.4, -0.2) is 53.5 Å². The molecule has 4 aromatic heterocycles. The average molecular weight is 503 g/mol. The molecule has 5 heterocycles. The molecule has 10 nitrogen and oxygen atoms in total. The number of piperidine rings is 1. The molecule has 1 aliphatic heterocycles. The third-order valence-electron chi connectivity index (χ3n) is 6.82. The smallest absolute Gasteiger partial charge is 0.164 e. The van der Waals surface area contributed by atoms with Gasteiger partial charge in [-0.3, -0.25) is 9.47 Å². The average Bonchev–Trinajstić information content (AvgIpc) is 3.34. The number of pyridine rings is 2. The Kier molecular flexibility index (Phi) is 6.34. The van der Waals surface area contributed by atoms with E-state index in [1.165, 1.54) is 11.9 Å². The molecule has 1 aliphatic rings. The van der Waals surface area contributed by atoms with Gasteiger partial charge in [-0.15, -0.1) is 0 Å². The molecular formula is C28H26N10. The fourth-order valence-corrected chi connectivity index (χ4v) is 4.89. The van der Waals surface area contributed by atoms with Gasteiger partial charge in [0.2, 0.25) is 0 Å². The molecule has 6 rings (SSSR count). The standard InChI is InChI=1S/C28H26N10/c29-16-21-15-25(34-18-33-21)35-20-9-13-37(14-10-20)17-19-5-7-22(8-6-19)38-27(23-3-1-11-31-26(23)30)36-24-4-2-12-32-28(24)38/h1-8,11-12,15,18,20H,9-10,13-14,17H2,(H2,30,31)(H,33,34,35). The SMILES string of the molecule is N#Cc1cc(NC2CCN(Cc3ccc(-n4c(-c5cccnc5N)nc5cccnc54)cc3)CC2)ncn1. The number of nitrogen functional groups attached to an aromatic ring is 1. The van der Waals surface area contributed by atoms with Crippen molar-refractivity contribution >= 4 is 22.8 Å². The zero-order chi connectivity index (χ0) is 25.9.